The Morgan fingerprint density at radius 2 is 2.00 bits per heavy atom. The molecule has 0 saturated heterocycles. The maximum absolute atomic E-state index is 5.50. The van der Waals surface area contributed by atoms with Crippen LogP contribution in [0.2, 0.25) is 0 Å². The lowest BCUT2D eigenvalue weighted by Gasteiger charge is -2.19. The molecule has 1 heteroatoms. The standard InChI is InChI=1S/C11H16O/c1-9-7-8-12-11(9)10-5-3-2-4-6-10/h7-8,10H,2-6H2,1H3. The van der Waals surface area contributed by atoms with Crippen LogP contribution in [0.3, 0.4) is 0 Å². The topological polar surface area (TPSA) is 13.1 Å². The van der Waals surface area contributed by atoms with Gasteiger partial charge in [-0.15, -0.1) is 0 Å². The van der Waals surface area contributed by atoms with Crippen molar-refractivity contribution in [3.05, 3.63) is 23.7 Å². The summed E-state index contributed by atoms with van der Waals surface area (Å²) in [6.07, 6.45) is 8.65. The molecule has 0 aromatic carbocycles. The zero-order chi connectivity index (χ0) is 8.39. The van der Waals surface area contributed by atoms with Gasteiger partial charge in [-0.05, 0) is 31.4 Å². The van der Waals surface area contributed by atoms with Gasteiger partial charge in [0, 0.05) is 5.92 Å². The third-order valence-corrected chi connectivity index (χ3v) is 2.88. The van der Waals surface area contributed by atoms with Crippen molar-refractivity contribution in [3.8, 4) is 0 Å². The van der Waals surface area contributed by atoms with E-state index in [1.807, 2.05) is 6.26 Å². The van der Waals surface area contributed by atoms with Gasteiger partial charge in [-0.1, -0.05) is 19.3 Å². The number of furan rings is 1. The first-order valence-corrected chi connectivity index (χ1v) is 4.92. The van der Waals surface area contributed by atoms with Gasteiger partial charge in [0.2, 0.25) is 0 Å². The molecule has 0 aliphatic heterocycles. The smallest absolute Gasteiger partial charge is 0.109 e. The minimum absolute atomic E-state index is 0.716. The number of hydrogen-bond acceptors (Lipinski definition) is 1. The first kappa shape index (κ1) is 7.90. The van der Waals surface area contributed by atoms with Gasteiger partial charge < -0.3 is 4.42 Å². The molecule has 0 atom stereocenters. The number of aryl methyl sites for hydroxylation is 1. The predicted octanol–water partition coefficient (Wildman–Crippen LogP) is 3.64. The summed E-state index contributed by atoms with van der Waals surface area (Å²) >= 11 is 0. The number of hydrogen-bond donors (Lipinski definition) is 0. The fourth-order valence-corrected chi connectivity index (χ4v) is 2.17. The van der Waals surface area contributed by atoms with E-state index in [1.54, 1.807) is 0 Å². The molecule has 0 spiro atoms. The lowest BCUT2D eigenvalue weighted by atomic mass is 9.86. The van der Waals surface area contributed by atoms with Crippen LogP contribution in [0.15, 0.2) is 16.7 Å². The summed E-state index contributed by atoms with van der Waals surface area (Å²) in [4.78, 5) is 0. The van der Waals surface area contributed by atoms with Gasteiger partial charge in [0.05, 0.1) is 6.26 Å². The fourth-order valence-electron chi connectivity index (χ4n) is 2.17. The van der Waals surface area contributed by atoms with Gasteiger partial charge in [0.25, 0.3) is 0 Å². The molecule has 0 unspecified atom stereocenters. The first-order valence-electron chi connectivity index (χ1n) is 4.92. The van der Waals surface area contributed by atoms with E-state index in [1.165, 1.54) is 43.4 Å². The van der Waals surface area contributed by atoms with E-state index < -0.39 is 0 Å². The molecule has 0 amide bonds. The van der Waals surface area contributed by atoms with E-state index in [9.17, 15) is 0 Å². The van der Waals surface area contributed by atoms with Crippen molar-refractivity contribution >= 4 is 0 Å². The zero-order valence-electron chi connectivity index (χ0n) is 7.68. The monoisotopic (exact) mass is 164 g/mol. The summed E-state index contributed by atoms with van der Waals surface area (Å²) in [6.45, 7) is 2.15. The van der Waals surface area contributed by atoms with E-state index in [0.29, 0.717) is 5.92 Å². The quantitative estimate of drug-likeness (QED) is 0.617. The van der Waals surface area contributed by atoms with E-state index in [2.05, 4.69) is 13.0 Å². The molecule has 1 saturated carbocycles. The van der Waals surface area contributed by atoms with Crippen molar-refractivity contribution < 1.29 is 4.42 Å². The Morgan fingerprint density at radius 1 is 1.25 bits per heavy atom. The van der Waals surface area contributed by atoms with Crippen LogP contribution in [0.4, 0.5) is 0 Å². The molecule has 1 aromatic rings. The van der Waals surface area contributed by atoms with Crippen molar-refractivity contribution in [2.75, 3.05) is 0 Å². The van der Waals surface area contributed by atoms with Crippen molar-refractivity contribution in [2.24, 2.45) is 0 Å². The Labute approximate surface area is 73.8 Å². The lowest BCUT2D eigenvalue weighted by Crippen LogP contribution is -2.04. The largest absolute Gasteiger partial charge is 0.469 e. The van der Waals surface area contributed by atoms with E-state index >= 15 is 0 Å². The molecular weight excluding hydrogens is 148 g/mol. The maximum atomic E-state index is 5.50. The van der Waals surface area contributed by atoms with E-state index in [-0.39, 0.29) is 0 Å². The molecule has 12 heavy (non-hydrogen) atoms. The molecule has 0 bridgehead atoms. The highest BCUT2D eigenvalue weighted by molar-refractivity contribution is 5.18. The summed E-state index contributed by atoms with van der Waals surface area (Å²) in [5, 5.41) is 0. The molecule has 1 aliphatic carbocycles. The van der Waals surface area contributed by atoms with Gasteiger partial charge in [0.1, 0.15) is 5.76 Å². The fraction of sp³-hybridized carbons (Fsp3) is 0.636. The summed E-state index contributed by atoms with van der Waals surface area (Å²) in [7, 11) is 0. The van der Waals surface area contributed by atoms with Crippen molar-refractivity contribution in [3.63, 3.8) is 0 Å². The normalized spacial score (nSPS) is 19.8. The predicted molar refractivity (Wildman–Crippen MR) is 49.3 cm³/mol. The van der Waals surface area contributed by atoms with Crippen LogP contribution in [0, 0.1) is 6.92 Å². The average Bonchev–Trinajstić information content (AvgIpc) is 2.53. The van der Waals surface area contributed by atoms with Crippen LogP contribution >= 0.6 is 0 Å². The van der Waals surface area contributed by atoms with Crippen LogP contribution in [0.25, 0.3) is 0 Å². The molecule has 66 valence electrons. The van der Waals surface area contributed by atoms with Gasteiger partial charge in [0.15, 0.2) is 0 Å². The van der Waals surface area contributed by atoms with Crippen LogP contribution in [0.5, 0.6) is 0 Å². The molecule has 1 aliphatic rings. The van der Waals surface area contributed by atoms with Crippen LogP contribution < -0.4 is 0 Å². The summed E-state index contributed by atoms with van der Waals surface area (Å²) in [5.74, 6) is 1.96. The Bertz CT molecular complexity index is 243. The minimum atomic E-state index is 0.716. The van der Waals surface area contributed by atoms with Crippen molar-refractivity contribution in [2.45, 2.75) is 44.9 Å². The Kier molecular flexibility index (Phi) is 2.20. The highest BCUT2D eigenvalue weighted by Gasteiger charge is 2.19. The zero-order valence-corrected chi connectivity index (χ0v) is 7.68. The Morgan fingerprint density at radius 3 is 2.58 bits per heavy atom. The first-order chi connectivity index (χ1) is 5.88. The SMILES string of the molecule is Cc1ccoc1C1CCCCC1. The Hall–Kier alpha value is -0.720. The summed E-state index contributed by atoms with van der Waals surface area (Å²) in [6, 6.07) is 2.07. The maximum Gasteiger partial charge on any atom is 0.109 e. The minimum Gasteiger partial charge on any atom is -0.469 e. The highest BCUT2D eigenvalue weighted by Crippen LogP contribution is 2.34. The molecule has 0 N–H and O–H groups in total. The van der Waals surface area contributed by atoms with E-state index in [4.69, 9.17) is 4.42 Å². The Balaban J connectivity index is 2.13. The third kappa shape index (κ3) is 1.40. The highest BCUT2D eigenvalue weighted by atomic mass is 16.3. The second-order valence-corrected chi connectivity index (χ2v) is 3.80. The molecular formula is C11H16O. The lowest BCUT2D eigenvalue weighted by molar-refractivity contribution is 0.372. The molecule has 0 radical (unpaired) electrons. The van der Waals surface area contributed by atoms with Crippen molar-refractivity contribution in [1.82, 2.24) is 0 Å². The molecule has 1 nitrogen and oxygen atoms in total. The molecule has 1 heterocycles. The van der Waals surface area contributed by atoms with E-state index in [0.717, 1.165) is 0 Å². The van der Waals surface area contributed by atoms with Crippen LogP contribution in [-0.2, 0) is 0 Å². The van der Waals surface area contributed by atoms with Gasteiger partial charge in [-0.25, -0.2) is 0 Å². The molecule has 2 rings (SSSR count). The summed E-state index contributed by atoms with van der Waals surface area (Å²) in [5.41, 5.74) is 1.34. The summed E-state index contributed by atoms with van der Waals surface area (Å²) < 4.78 is 5.50. The molecule has 1 aromatic heterocycles. The molecule has 1 fully saturated rings. The number of rotatable bonds is 1. The van der Waals surface area contributed by atoms with Crippen LogP contribution in [-0.4, -0.2) is 0 Å². The van der Waals surface area contributed by atoms with Crippen molar-refractivity contribution in [1.29, 1.82) is 0 Å². The second-order valence-electron chi connectivity index (χ2n) is 3.80. The van der Waals surface area contributed by atoms with Gasteiger partial charge in [-0.3, -0.25) is 0 Å². The average molecular weight is 164 g/mol. The van der Waals surface area contributed by atoms with Gasteiger partial charge in [-0.2, -0.15) is 0 Å². The van der Waals surface area contributed by atoms with Crippen LogP contribution in [0.1, 0.15) is 49.3 Å². The van der Waals surface area contributed by atoms with Gasteiger partial charge >= 0.3 is 0 Å². The second kappa shape index (κ2) is 3.34. The third-order valence-electron chi connectivity index (χ3n) is 2.88.